The molecule has 0 spiro atoms. The maximum atomic E-state index is 2.22. The van der Waals surface area contributed by atoms with Crippen LogP contribution in [-0.4, -0.2) is 0 Å². The van der Waals surface area contributed by atoms with Crippen molar-refractivity contribution in [1.29, 1.82) is 0 Å². The van der Waals surface area contributed by atoms with Gasteiger partial charge in [0.1, 0.15) is 0 Å². The SMILES string of the molecule is CCC(C)=C(C)C(C)=[C](C)[Zr].Cl.Cl.Cl. The summed E-state index contributed by atoms with van der Waals surface area (Å²) in [6.07, 6.45) is 1.17. The third-order valence-corrected chi connectivity index (χ3v) is 3.22. The zero-order valence-corrected chi connectivity index (χ0v) is 14.3. The summed E-state index contributed by atoms with van der Waals surface area (Å²) in [5, 5.41) is 0. The molecule has 0 atom stereocenters. The summed E-state index contributed by atoms with van der Waals surface area (Å²) in [4.78, 5) is 0. The molecule has 14 heavy (non-hydrogen) atoms. The van der Waals surface area contributed by atoms with Crippen molar-refractivity contribution < 1.29 is 24.7 Å². The Bertz CT molecular complexity index is 203. The second kappa shape index (κ2) is 12.3. The molecular formula is C10H20Cl3Zr. The van der Waals surface area contributed by atoms with E-state index in [4.69, 9.17) is 0 Å². The first-order chi connectivity index (χ1) is 5.00. The molecule has 0 saturated carbocycles. The fourth-order valence-corrected chi connectivity index (χ4v) is 1.33. The van der Waals surface area contributed by atoms with E-state index in [1.165, 1.54) is 51.1 Å². The average Bonchev–Trinajstić information content (AvgIpc) is 2.00. The summed E-state index contributed by atoms with van der Waals surface area (Å²) >= 11 is 1.54. The summed E-state index contributed by atoms with van der Waals surface area (Å²) in [5.41, 5.74) is 4.49. The number of hydrogen-bond acceptors (Lipinski definition) is 0. The molecule has 0 aromatic heterocycles. The van der Waals surface area contributed by atoms with E-state index in [9.17, 15) is 0 Å². The minimum absolute atomic E-state index is 0. The van der Waals surface area contributed by atoms with Crippen molar-refractivity contribution in [2.45, 2.75) is 41.0 Å². The molecule has 0 aliphatic carbocycles. The summed E-state index contributed by atoms with van der Waals surface area (Å²) in [7, 11) is 0. The van der Waals surface area contributed by atoms with E-state index < -0.39 is 0 Å². The number of rotatable bonds is 2. The van der Waals surface area contributed by atoms with Crippen molar-refractivity contribution in [2.24, 2.45) is 0 Å². The minimum atomic E-state index is 0. The molecule has 0 aromatic rings. The van der Waals surface area contributed by atoms with Crippen LogP contribution in [0.4, 0.5) is 0 Å². The Morgan fingerprint density at radius 1 is 0.857 bits per heavy atom. The van der Waals surface area contributed by atoms with Gasteiger partial charge in [-0.1, -0.05) is 0 Å². The van der Waals surface area contributed by atoms with Crippen LogP contribution < -0.4 is 0 Å². The van der Waals surface area contributed by atoms with Gasteiger partial charge in [0.2, 0.25) is 0 Å². The van der Waals surface area contributed by atoms with Gasteiger partial charge in [0.25, 0.3) is 0 Å². The fraction of sp³-hybridized carbons (Fsp3) is 0.600. The van der Waals surface area contributed by atoms with Crippen LogP contribution in [0.25, 0.3) is 0 Å². The molecule has 0 radical (unpaired) electrons. The van der Waals surface area contributed by atoms with Crippen LogP contribution in [0.1, 0.15) is 41.0 Å². The molecule has 0 nitrogen and oxygen atoms in total. The molecule has 0 saturated heterocycles. The van der Waals surface area contributed by atoms with Crippen LogP contribution in [0.3, 0.4) is 0 Å². The van der Waals surface area contributed by atoms with E-state index in [1.807, 2.05) is 0 Å². The van der Waals surface area contributed by atoms with Crippen LogP contribution in [0.15, 0.2) is 20.0 Å². The van der Waals surface area contributed by atoms with Gasteiger partial charge in [0.15, 0.2) is 0 Å². The zero-order valence-electron chi connectivity index (χ0n) is 9.43. The first-order valence-electron chi connectivity index (χ1n) is 4.06. The van der Waals surface area contributed by atoms with E-state index >= 15 is 0 Å². The smallest absolute Gasteiger partial charge is 0.147 e. The van der Waals surface area contributed by atoms with Crippen molar-refractivity contribution in [3.8, 4) is 0 Å². The van der Waals surface area contributed by atoms with Crippen molar-refractivity contribution in [1.82, 2.24) is 0 Å². The van der Waals surface area contributed by atoms with Crippen LogP contribution in [0, 0.1) is 0 Å². The second-order valence-electron chi connectivity index (χ2n) is 3.01. The normalized spacial score (nSPS) is 12.3. The third kappa shape index (κ3) is 8.53. The summed E-state index contributed by atoms with van der Waals surface area (Å²) in [6.45, 7) is 11.1. The standard InChI is InChI=1S/C10H17.3ClH.Zr/c1-6-8(3)10(5)9(4)7-2;;;;/h6H2,1-5H3;3*1H;. The van der Waals surface area contributed by atoms with Gasteiger partial charge in [-0.05, 0) is 0 Å². The third-order valence-electron chi connectivity index (χ3n) is 2.30. The zero-order chi connectivity index (χ0) is 9.02. The van der Waals surface area contributed by atoms with E-state index in [0.717, 1.165) is 0 Å². The number of hydrogen-bond donors (Lipinski definition) is 0. The fourth-order valence-electron chi connectivity index (χ4n) is 0.866. The largest absolute Gasteiger partial charge is 0.147 e. The second-order valence-corrected chi connectivity index (χ2v) is 4.85. The van der Waals surface area contributed by atoms with Gasteiger partial charge in [-0.15, -0.1) is 37.2 Å². The Morgan fingerprint density at radius 2 is 1.21 bits per heavy atom. The van der Waals surface area contributed by atoms with Gasteiger partial charge in [-0.2, -0.15) is 0 Å². The predicted octanol–water partition coefficient (Wildman–Crippen LogP) is 4.84. The van der Waals surface area contributed by atoms with Crippen molar-refractivity contribution >= 4 is 37.2 Å². The molecule has 0 aliphatic rings. The summed E-state index contributed by atoms with van der Waals surface area (Å²) in [6, 6.07) is 0. The van der Waals surface area contributed by atoms with Gasteiger partial charge in [-0.3, -0.25) is 0 Å². The Labute approximate surface area is 122 Å². The molecule has 0 fully saturated rings. The Kier molecular flexibility index (Phi) is 21.5. The van der Waals surface area contributed by atoms with Crippen LogP contribution >= 0.6 is 37.2 Å². The Morgan fingerprint density at radius 3 is 1.43 bits per heavy atom. The van der Waals surface area contributed by atoms with Crippen LogP contribution in [0.5, 0.6) is 0 Å². The number of allylic oxidation sites excluding steroid dienone is 4. The van der Waals surface area contributed by atoms with Crippen molar-refractivity contribution in [2.75, 3.05) is 0 Å². The van der Waals surface area contributed by atoms with Crippen molar-refractivity contribution in [3.05, 3.63) is 20.0 Å². The molecule has 0 N–H and O–H groups in total. The van der Waals surface area contributed by atoms with Gasteiger partial charge < -0.3 is 0 Å². The van der Waals surface area contributed by atoms with Crippen LogP contribution in [-0.2, 0) is 24.7 Å². The van der Waals surface area contributed by atoms with E-state index in [2.05, 4.69) is 34.6 Å². The molecule has 0 heterocycles. The van der Waals surface area contributed by atoms with Gasteiger partial charge in [-0.25, -0.2) is 0 Å². The van der Waals surface area contributed by atoms with Gasteiger partial charge >= 0.3 is 85.8 Å². The molecule has 0 unspecified atom stereocenters. The maximum absolute atomic E-state index is 2.22. The topological polar surface area (TPSA) is 0 Å². The minimum Gasteiger partial charge on any atom is -0.147 e. The van der Waals surface area contributed by atoms with E-state index in [1.54, 1.807) is 0 Å². The molecular weight excluding hydrogens is 318 g/mol. The summed E-state index contributed by atoms with van der Waals surface area (Å²) in [5.74, 6) is 0. The van der Waals surface area contributed by atoms with Gasteiger partial charge in [0, 0.05) is 0 Å². The molecule has 0 bridgehead atoms. The summed E-state index contributed by atoms with van der Waals surface area (Å²) < 4.78 is 1.52. The van der Waals surface area contributed by atoms with Crippen LogP contribution in [0.2, 0.25) is 0 Å². The number of halogens is 3. The molecule has 0 amide bonds. The maximum Gasteiger partial charge on any atom is -0.147 e. The predicted molar refractivity (Wildman–Crippen MR) is 68.8 cm³/mol. The Balaban J connectivity index is -0.000000167. The van der Waals surface area contributed by atoms with E-state index in [-0.39, 0.29) is 37.2 Å². The average molecular weight is 338 g/mol. The monoisotopic (exact) mass is 335 g/mol. The molecule has 85 valence electrons. The molecule has 0 rings (SSSR count). The molecule has 0 aliphatic heterocycles. The van der Waals surface area contributed by atoms with Crippen molar-refractivity contribution in [3.63, 3.8) is 0 Å². The first kappa shape index (κ1) is 24.5. The molecule has 0 aromatic carbocycles. The van der Waals surface area contributed by atoms with Gasteiger partial charge in [0.05, 0.1) is 0 Å². The Hall–Kier alpha value is 1.23. The molecule has 4 heteroatoms. The van der Waals surface area contributed by atoms with E-state index in [0.29, 0.717) is 0 Å². The first-order valence-corrected chi connectivity index (χ1v) is 5.29. The quantitative estimate of drug-likeness (QED) is 0.632.